The molecule has 5 nitrogen and oxygen atoms in total. The van der Waals surface area contributed by atoms with Gasteiger partial charge in [-0.05, 0) is 18.6 Å². The van der Waals surface area contributed by atoms with Crippen LogP contribution in [0.25, 0.3) is 0 Å². The fourth-order valence-electron chi connectivity index (χ4n) is 2.51. The summed E-state index contributed by atoms with van der Waals surface area (Å²) in [7, 11) is 0. The van der Waals surface area contributed by atoms with Crippen LogP contribution in [0.15, 0.2) is 29.2 Å². The molecule has 20 heavy (non-hydrogen) atoms. The lowest BCUT2D eigenvalue weighted by atomic mass is 10.1. The quantitative estimate of drug-likeness (QED) is 0.894. The molecule has 0 spiro atoms. The highest BCUT2D eigenvalue weighted by atomic mass is 32.2. The number of nitrogens with zero attached hydrogens (tertiary/aromatic N) is 1. The van der Waals surface area contributed by atoms with Crippen molar-refractivity contribution in [1.29, 1.82) is 0 Å². The number of hydrogen-bond donors (Lipinski definition) is 1. The van der Waals surface area contributed by atoms with Crippen molar-refractivity contribution >= 4 is 23.6 Å². The van der Waals surface area contributed by atoms with Crippen LogP contribution in [0.2, 0.25) is 0 Å². The molecule has 2 aliphatic heterocycles. The fourth-order valence-corrected chi connectivity index (χ4v) is 3.48. The minimum Gasteiger partial charge on any atom is -0.481 e. The molecule has 0 bridgehead atoms. The number of carboxylic acid groups (broad SMARTS) is 1. The highest BCUT2D eigenvalue weighted by molar-refractivity contribution is 7.99. The van der Waals surface area contributed by atoms with Crippen LogP contribution in [0.5, 0.6) is 5.75 Å². The summed E-state index contributed by atoms with van der Waals surface area (Å²) in [6.07, 6.45) is 0.0137. The molecule has 0 aliphatic carbocycles. The maximum Gasteiger partial charge on any atom is 0.308 e. The summed E-state index contributed by atoms with van der Waals surface area (Å²) in [5.74, 6) is -0.0664. The molecule has 1 aromatic carbocycles. The van der Waals surface area contributed by atoms with Crippen molar-refractivity contribution in [1.82, 2.24) is 4.90 Å². The maximum atomic E-state index is 12.4. The molecule has 0 unspecified atom stereocenters. The van der Waals surface area contributed by atoms with Crippen LogP contribution < -0.4 is 4.74 Å². The van der Waals surface area contributed by atoms with E-state index < -0.39 is 18.0 Å². The average molecular weight is 293 g/mol. The maximum absolute atomic E-state index is 12.4. The van der Waals surface area contributed by atoms with Crippen LogP contribution >= 0.6 is 11.8 Å². The first-order valence-electron chi connectivity index (χ1n) is 6.55. The second kappa shape index (κ2) is 5.36. The summed E-state index contributed by atoms with van der Waals surface area (Å²) in [5.41, 5.74) is 0. The van der Waals surface area contributed by atoms with Crippen molar-refractivity contribution < 1.29 is 19.4 Å². The van der Waals surface area contributed by atoms with Gasteiger partial charge in [0, 0.05) is 23.7 Å². The van der Waals surface area contributed by atoms with Gasteiger partial charge in [0.05, 0.1) is 5.92 Å². The molecule has 2 heterocycles. The van der Waals surface area contributed by atoms with E-state index in [-0.39, 0.29) is 5.91 Å². The molecule has 1 amide bonds. The third-order valence-electron chi connectivity index (χ3n) is 3.63. The number of benzene rings is 1. The van der Waals surface area contributed by atoms with Crippen LogP contribution in [0, 0.1) is 5.92 Å². The summed E-state index contributed by atoms with van der Waals surface area (Å²) < 4.78 is 5.74. The van der Waals surface area contributed by atoms with E-state index in [0.717, 1.165) is 10.6 Å². The SMILES string of the molecule is O=C(O)[C@H]1CCN(C(=O)[C@@H]2CSc3ccccc3O2)C1. The zero-order chi connectivity index (χ0) is 14.1. The van der Waals surface area contributed by atoms with Gasteiger partial charge >= 0.3 is 5.97 Å². The minimum atomic E-state index is -0.829. The highest BCUT2D eigenvalue weighted by Gasteiger charge is 2.36. The molecule has 2 atom stereocenters. The number of amides is 1. The van der Waals surface area contributed by atoms with E-state index in [9.17, 15) is 9.59 Å². The van der Waals surface area contributed by atoms with Gasteiger partial charge < -0.3 is 14.7 Å². The van der Waals surface area contributed by atoms with E-state index in [1.165, 1.54) is 0 Å². The Bertz CT molecular complexity index is 548. The molecule has 0 aromatic heterocycles. The Balaban J connectivity index is 1.66. The first-order valence-corrected chi connectivity index (χ1v) is 7.54. The van der Waals surface area contributed by atoms with Gasteiger partial charge in [0.15, 0.2) is 6.10 Å². The van der Waals surface area contributed by atoms with Gasteiger partial charge in [0.1, 0.15) is 5.75 Å². The lowest BCUT2D eigenvalue weighted by molar-refractivity contribution is -0.142. The van der Waals surface area contributed by atoms with Gasteiger partial charge in [-0.1, -0.05) is 12.1 Å². The second-order valence-electron chi connectivity index (χ2n) is 4.97. The van der Waals surface area contributed by atoms with Gasteiger partial charge in [-0.25, -0.2) is 0 Å². The molecule has 2 aliphatic rings. The molecule has 1 saturated heterocycles. The van der Waals surface area contributed by atoms with E-state index in [1.54, 1.807) is 16.7 Å². The van der Waals surface area contributed by atoms with Crippen molar-refractivity contribution in [2.45, 2.75) is 17.4 Å². The zero-order valence-electron chi connectivity index (χ0n) is 10.8. The standard InChI is InChI=1S/C14H15NO4S/c16-13(15-6-5-9(7-15)14(17)18)11-8-20-12-4-2-1-3-10(12)19-11/h1-4,9,11H,5-8H2,(H,17,18)/t9-,11-/m0/s1. The first-order chi connectivity index (χ1) is 9.65. The largest absolute Gasteiger partial charge is 0.481 e. The predicted octanol–water partition coefficient (Wildman–Crippen LogP) is 1.47. The number of hydrogen-bond acceptors (Lipinski definition) is 4. The van der Waals surface area contributed by atoms with Gasteiger partial charge in [0.25, 0.3) is 5.91 Å². The van der Waals surface area contributed by atoms with Crippen LogP contribution in [0.3, 0.4) is 0 Å². The van der Waals surface area contributed by atoms with E-state index in [2.05, 4.69) is 0 Å². The van der Waals surface area contributed by atoms with Crippen molar-refractivity contribution in [3.8, 4) is 5.75 Å². The molecule has 6 heteroatoms. The van der Waals surface area contributed by atoms with Gasteiger partial charge in [-0.2, -0.15) is 0 Å². The molecule has 1 aromatic rings. The van der Waals surface area contributed by atoms with Gasteiger partial charge in [-0.3, -0.25) is 9.59 Å². The summed E-state index contributed by atoms with van der Waals surface area (Å²) in [4.78, 5) is 26.0. The highest BCUT2D eigenvalue weighted by Crippen LogP contribution is 2.35. The number of para-hydroxylation sites is 1. The molecule has 1 fully saturated rings. The number of fused-ring (bicyclic) bond motifs is 1. The van der Waals surface area contributed by atoms with Crippen molar-refractivity contribution in [3.63, 3.8) is 0 Å². The molecule has 106 valence electrons. The minimum absolute atomic E-state index is 0.101. The summed E-state index contributed by atoms with van der Waals surface area (Å²) >= 11 is 1.60. The number of thioether (sulfide) groups is 1. The molecule has 0 radical (unpaired) electrons. The van der Waals surface area contributed by atoms with Crippen molar-refractivity contribution in [2.75, 3.05) is 18.8 Å². The van der Waals surface area contributed by atoms with Crippen LogP contribution in [-0.4, -0.2) is 46.8 Å². The number of aliphatic carboxylic acids is 1. The van der Waals surface area contributed by atoms with E-state index >= 15 is 0 Å². The van der Waals surface area contributed by atoms with Crippen LogP contribution in [-0.2, 0) is 9.59 Å². The molecular weight excluding hydrogens is 278 g/mol. The Hall–Kier alpha value is -1.69. The van der Waals surface area contributed by atoms with E-state index in [1.807, 2.05) is 24.3 Å². The van der Waals surface area contributed by atoms with E-state index in [0.29, 0.717) is 25.3 Å². The van der Waals surface area contributed by atoms with Crippen LogP contribution in [0.4, 0.5) is 0 Å². The normalized spacial score (nSPS) is 24.9. The fraction of sp³-hybridized carbons (Fsp3) is 0.429. The Morgan fingerprint density at radius 2 is 2.15 bits per heavy atom. The number of rotatable bonds is 2. The lowest BCUT2D eigenvalue weighted by Crippen LogP contribution is -2.43. The summed E-state index contributed by atoms with van der Waals surface area (Å²) in [6, 6.07) is 7.64. The lowest BCUT2D eigenvalue weighted by Gasteiger charge is -2.28. The Morgan fingerprint density at radius 3 is 2.90 bits per heavy atom. The molecule has 1 N–H and O–H groups in total. The number of ether oxygens (including phenoxy) is 1. The Kier molecular flexibility index (Phi) is 3.56. The topological polar surface area (TPSA) is 66.8 Å². The number of carboxylic acids is 1. The number of carbonyl (C=O) groups is 2. The van der Waals surface area contributed by atoms with Crippen LogP contribution in [0.1, 0.15) is 6.42 Å². The predicted molar refractivity (Wildman–Crippen MR) is 73.9 cm³/mol. The Labute approximate surface area is 120 Å². The first kappa shape index (κ1) is 13.3. The molecule has 0 saturated carbocycles. The van der Waals surface area contributed by atoms with Gasteiger partial charge in [0.2, 0.25) is 0 Å². The Morgan fingerprint density at radius 1 is 1.35 bits per heavy atom. The summed E-state index contributed by atoms with van der Waals surface area (Å²) in [6.45, 7) is 0.794. The second-order valence-corrected chi connectivity index (χ2v) is 6.03. The smallest absolute Gasteiger partial charge is 0.308 e. The third-order valence-corrected chi connectivity index (χ3v) is 4.75. The molecular formula is C14H15NO4S. The van der Waals surface area contributed by atoms with Gasteiger partial charge in [-0.15, -0.1) is 11.8 Å². The number of carbonyl (C=O) groups excluding carboxylic acids is 1. The average Bonchev–Trinajstić information content (AvgIpc) is 2.96. The zero-order valence-corrected chi connectivity index (χ0v) is 11.6. The monoisotopic (exact) mass is 293 g/mol. The molecule has 3 rings (SSSR count). The van der Waals surface area contributed by atoms with Crippen molar-refractivity contribution in [2.24, 2.45) is 5.92 Å². The summed E-state index contributed by atoms with van der Waals surface area (Å²) in [5, 5.41) is 8.98. The third kappa shape index (κ3) is 2.47. The van der Waals surface area contributed by atoms with Crippen molar-refractivity contribution in [3.05, 3.63) is 24.3 Å². The number of likely N-dealkylation sites (tertiary alicyclic amines) is 1. The van der Waals surface area contributed by atoms with E-state index in [4.69, 9.17) is 9.84 Å².